The molecule has 6 heteroatoms. The Kier molecular flexibility index (Phi) is 3.56. The minimum atomic E-state index is -0.590. The van der Waals surface area contributed by atoms with Crippen molar-refractivity contribution in [3.63, 3.8) is 0 Å². The molecule has 1 aromatic rings. The highest BCUT2D eigenvalue weighted by Crippen LogP contribution is 2.31. The maximum Gasteiger partial charge on any atom is 0.379 e. The summed E-state index contributed by atoms with van der Waals surface area (Å²) >= 11 is 0. The number of nitrogens with zero attached hydrogens (tertiary/aromatic N) is 2. The molecule has 96 valence electrons. The quantitative estimate of drug-likeness (QED) is 0.798. The molecule has 0 spiro atoms. The van der Waals surface area contributed by atoms with Gasteiger partial charge in [-0.1, -0.05) is 0 Å². The van der Waals surface area contributed by atoms with Gasteiger partial charge < -0.3 is 15.0 Å². The zero-order valence-corrected chi connectivity index (χ0v) is 10.9. The van der Waals surface area contributed by atoms with Crippen molar-refractivity contribution >= 4 is 5.97 Å². The van der Waals surface area contributed by atoms with Gasteiger partial charge in [-0.2, -0.15) is 4.98 Å². The largest absolute Gasteiger partial charge is 0.460 e. The maximum absolute atomic E-state index is 11.4. The molecule has 0 saturated carbocycles. The van der Waals surface area contributed by atoms with Gasteiger partial charge in [-0.15, -0.1) is 0 Å². The van der Waals surface area contributed by atoms with Crippen molar-refractivity contribution in [1.29, 1.82) is 0 Å². The van der Waals surface area contributed by atoms with Crippen LogP contribution in [0.1, 0.15) is 51.1 Å². The molecule has 1 aromatic heterocycles. The predicted molar refractivity (Wildman–Crippen MR) is 61.5 cm³/mol. The predicted octanol–water partition coefficient (Wildman–Crippen LogP) is 1.26. The Morgan fingerprint density at radius 3 is 2.47 bits per heavy atom. The van der Waals surface area contributed by atoms with E-state index < -0.39 is 16.9 Å². The van der Waals surface area contributed by atoms with E-state index in [-0.39, 0.29) is 12.4 Å². The first kappa shape index (κ1) is 13.6. The van der Waals surface area contributed by atoms with Crippen LogP contribution in [-0.4, -0.2) is 28.3 Å². The molecule has 0 fully saturated rings. The summed E-state index contributed by atoms with van der Waals surface area (Å²) in [4.78, 5) is 15.4. The molecule has 0 saturated heterocycles. The number of hydrogen-bond donors (Lipinski definition) is 1. The van der Waals surface area contributed by atoms with Crippen molar-refractivity contribution in [2.24, 2.45) is 5.73 Å². The van der Waals surface area contributed by atoms with Gasteiger partial charge in [0.05, 0.1) is 12.0 Å². The molecule has 17 heavy (non-hydrogen) atoms. The summed E-state index contributed by atoms with van der Waals surface area (Å²) in [6.45, 7) is 9.48. The van der Waals surface area contributed by atoms with E-state index in [0.717, 1.165) is 0 Å². The van der Waals surface area contributed by atoms with Gasteiger partial charge in [0.1, 0.15) is 0 Å². The number of aromatic nitrogens is 2. The molecule has 0 amide bonds. The van der Waals surface area contributed by atoms with Crippen LogP contribution in [0.15, 0.2) is 4.52 Å². The highest BCUT2D eigenvalue weighted by Gasteiger charge is 2.40. The van der Waals surface area contributed by atoms with Gasteiger partial charge in [-0.25, -0.2) is 4.79 Å². The lowest BCUT2D eigenvalue weighted by atomic mass is 9.75. The van der Waals surface area contributed by atoms with E-state index in [0.29, 0.717) is 5.89 Å². The molecule has 0 aliphatic rings. The molecule has 0 aliphatic heterocycles. The van der Waals surface area contributed by atoms with Gasteiger partial charge in [-0.3, -0.25) is 0 Å². The van der Waals surface area contributed by atoms with Crippen molar-refractivity contribution < 1.29 is 14.1 Å². The van der Waals surface area contributed by atoms with Crippen molar-refractivity contribution in [2.45, 2.75) is 45.6 Å². The van der Waals surface area contributed by atoms with Crippen LogP contribution in [0.3, 0.4) is 0 Å². The minimum absolute atomic E-state index is 0.0702. The summed E-state index contributed by atoms with van der Waals surface area (Å²) in [5, 5.41) is 3.60. The Hall–Kier alpha value is -1.43. The number of ether oxygens (including phenoxy) is 1. The van der Waals surface area contributed by atoms with Crippen LogP contribution in [0.5, 0.6) is 0 Å². The number of nitrogens with two attached hydrogens (primary N) is 1. The number of carbonyl (C=O) groups is 1. The smallest absolute Gasteiger partial charge is 0.379 e. The summed E-state index contributed by atoms with van der Waals surface area (Å²) in [6.07, 6.45) is 0. The summed E-state index contributed by atoms with van der Waals surface area (Å²) < 4.78 is 9.87. The van der Waals surface area contributed by atoms with Crippen LogP contribution in [0.25, 0.3) is 0 Å². The second-order valence-corrected chi connectivity index (χ2v) is 4.99. The summed E-state index contributed by atoms with van der Waals surface area (Å²) in [5.41, 5.74) is 4.96. The standard InChI is InChI=1S/C11H19N3O3/c1-6-16-8(15)7-13-9(17-14-7)10(2,3)11(4,5)12/h6,12H2,1-5H3. The van der Waals surface area contributed by atoms with Crippen LogP contribution in [0, 0.1) is 0 Å². The number of hydrogen-bond acceptors (Lipinski definition) is 6. The molecule has 0 radical (unpaired) electrons. The Balaban J connectivity index is 2.99. The fourth-order valence-electron chi connectivity index (χ4n) is 1.03. The van der Waals surface area contributed by atoms with Crippen molar-refractivity contribution in [1.82, 2.24) is 10.1 Å². The van der Waals surface area contributed by atoms with Crippen LogP contribution >= 0.6 is 0 Å². The van der Waals surface area contributed by atoms with Gasteiger partial charge in [0, 0.05) is 5.54 Å². The van der Waals surface area contributed by atoms with Crippen molar-refractivity contribution in [3.8, 4) is 0 Å². The first-order valence-electron chi connectivity index (χ1n) is 5.50. The zero-order valence-electron chi connectivity index (χ0n) is 10.9. The summed E-state index contributed by atoms with van der Waals surface area (Å²) in [7, 11) is 0. The van der Waals surface area contributed by atoms with Crippen LogP contribution in [-0.2, 0) is 10.2 Å². The van der Waals surface area contributed by atoms with Crippen LogP contribution in [0.4, 0.5) is 0 Å². The third-order valence-electron chi connectivity index (χ3n) is 3.03. The Bertz CT molecular complexity index is 404. The lowest BCUT2D eigenvalue weighted by molar-refractivity contribution is 0.0508. The Morgan fingerprint density at radius 1 is 1.41 bits per heavy atom. The normalized spacial score (nSPS) is 12.6. The van der Waals surface area contributed by atoms with E-state index in [1.54, 1.807) is 6.92 Å². The SMILES string of the molecule is CCOC(=O)c1noc(C(C)(C)C(C)(C)N)n1. The summed E-state index contributed by atoms with van der Waals surface area (Å²) in [6, 6.07) is 0. The minimum Gasteiger partial charge on any atom is -0.460 e. The zero-order chi connectivity index (χ0) is 13.3. The molecular weight excluding hydrogens is 222 g/mol. The van der Waals surface area contributed by atoms with Crippen molar-refractivity contribution in [3.05, 3.63) is 11.7 Å². The van der Waals surface area contributed by atoms with Gasteiger partial charge in [0.2, 0.25) is 5.89 Å². The monoisotopic (exact) mass is 241 g/mol. The molecule has 0 bridgehead atoms. The molecule has 0 atom stereocenters. The fourth-order valence-corrected chi connectivity index (χ4v) is 1.03. The molecular formula is C11H19N3O3. The van der Waals surface area contributed by atoms with E-state index in [1.807, 2.05) is 27.7 Å². The molecule has 1 rings (SSSR count). The number of esters is 1. The van der Waals surface area contributed by atoms with Gasteiger partial charge >= 0.3 is 5.97 Å². The third kappa shape index (κ3) is 2.63. The third-order valence-corrected chi connectivity index (χ3v) is 3.03. The Labute approximate surface area is 101 Å². The maximum atomic E-state index is 11.4. The van der Waals surface area contributed by atoms with E-state index in [9.17, 15) is 4.79 Å². The molecule has 1 heterocycles. The number of rotatable bonds is 4. The molecule has 0 unspecified atom stereocenters. The highest BCUT2D eigenvalue weighted by atomic mass is 16.5. The first-order valence-corrected chi connectivity index (χ1v) is 5.50. The lowest BCUT2D eigenvalue weighted by Gasteiger charge is -2.34. The van der Waals surface area contributed by atoms with Gasteiger partial charge in [0.15, 0.2) is 0 Å². The van der Waals surface area contributed by atoms with E-state index in [2.05, 4.69) is 10.1 Å². The van der Waals surface area contributed by atoms with E-state index in [1.165, 1.54) is 0 Å². The van der Waals surface area contributed by atoms with E-state index in [4.69, 9.17) is 15.0 Å². The van der Waals surface area contributed by atoms with Crippen molar-refractivity contribution in [2.75, 3.05) is 6.61 Å². The molecule has 0 aliphatic carbocycles. The first-order chi connectivity index (χ1) is 7.70. The van der Waals surface area contributed by atoms with Gasteiger partial charge in [0.25, 0.3) is 5.82 Å². The Morgan fingerprint density at radius 2 is 2.00 bits per heavy atom. The lowest BCUT2D eigenvalue weighted by Crippen LogP contribution is -2.50. The average molecular weight is 241 g/mol. The molecule has 0 aromatic carbocycles. The van der Waals surface area contributed by atoms with Crippen LogP contribution in [0.2, 0.25) is 0 Å². The summed E-state index contributed by atoms with van der Waals surface area (Å²) in [5.74, 6) is -0.333. The highest BCUT2D eigenvalue weighted by molar-refractivity contribution is 5.84. The van der Waals surface area contributed by atoms with Gasteiger partial charge in [-0.05, 0) is 39.8 Å². The fraction of sp³-hybridized carbons (Fsp3) is 0.727. The van der Waals surface area contributed by atoms with Crippen LogP contribution < -0.4 is 5.73 Å². The molecule has 6 nitrogen and oxygen atoms in total. The average Bonchev–Trinajstić information content (AvgIpc) is 2.65. The molecule has 2 N–H and O–H groups in total. The second kappa shape index (κ2) is 4.44. The number of carbonyl (C=O) groups excluding carboxylic acids is 1. The topological polar surface area (TPSA) is 91.2 Å². The van der Waals surface area contributed by atoms with E-state index >= 15 is 0 Å². The second-order valence-electron chi connectivity index (χ2n) is 4.99.